The van der Waals surface area contributed by atoms with Crippen molar-refractivity contribution in [1.29, 1.82) is 0 Å². The van der Waals surface area contributed by atoms with E-state index in [1.807, 2.05) is 24.3 Å². The molecule has 160 valence electrons. The van der Waals surface area contributed by atoms with Gasteiger partial charge in [0.15, 0.2) is 5.17 Å². The molecule has 0 N–H and O–H groups in total. The van der Waals surface area contributed by atoms with Crippen molar-refractivity contribution in [2.45, 2.75) is 11.8 Å². The lowest BCUT2D eigenvalue weighted by Crippen LogP contribution is -2.36. The first-order valence-corrected chi connectivity index (χ1v) is 12.0. The van der Waals surface area contributed by atoms with Crippen LogP contribution in [-0.4, -0.2) is 55.9 Å². The highest BCUT2D eigenvalue weighted by molar-refractivity contribution is 8.19. The van der Waals surface area contributed by atoms with Gasteiger partial charge in [-0.25, -0.2) is 4.99 Å². The average Bonchev–Trinajstić information content (AvgIpc) is 3.32. The summed E-state index contributed by atoms with van der Waals surface area (Å²) in [6, 6.07) is 16.5. The van der Waals surface area contributed by atoms with Crippen molar-refractivity contribution in [3.05, 3.63) is 58.5 Å². The number of morpholine rings is 1. The Morgan fingerprint density at radius 1 is 1.03 bits per heavy atom. The van der Waals surface area contributed by atoms with Crippen LogP contribution in [0.15, 0.2) is 68.4 Å². The van der Waals surface area contributed by atoms with Crippen LogP contribution in [0.5, 0.6) is 0 Å². The third-order valence-corrected chi connectivity index (χ3v) is 7.98. The lowest BCUT2D eigenvalue weighted by Gasteiger charge is -2.28. The minimum absolute atomic E-state index is 0.00226. The van der Waals surface area contributed by atoms with Gasteiger partial charge in [-0.15, -0.1) is 0 Å². The van der Waals surface area contributed by atoms with E-state index in [4.69, 9.17) is 9.73 Å². The van der Waals surface area contributed by atoms with E-state index in [1.54, 1.807) is 23.7 Å². The van der Waals surface area contributed by atoms with Crippen LogP contribution in [0.4, 0.5) is 17.1 Å². The maximum atomic E-state index is 13.1. The molecule has 5 rings (SSSR count). The number of amides is 1. The number of likely N-dealkylation sites (N-methyl/N-ethyl adjacent to an activating group) is 1. The van der Waals surface area contributed by atoms with Gasteiger partial charge < -0.3 is 14.5 Å². The smallest absolute Gasteiger partial charge is 0.269 e. The third kappa shape index (κ3) is 3.84. The summed E-state index contributed by atoms with van der Waals surface area (Å²) in [5.41, 5.74) is 3.19. The number of aliphatic imine (C=N–C) groups is 1. The van der Waals surface area contributed by atoms with Gasteiger partial charge in [0.1, 0.15) is 9.93 Å². The van der Waals surface area contributed by atoms with Crippen molar-refractivity contribution in [3.8, 4) is 0 Å². The summed E-state index contributed by atoms with van der Waals surface area (Å²) in [4.78, 5) is 26.0. The van der Waals surface area contributed by atoms with Crippen LogP contribution in [-0.2, 0) is 9.53 Å². The van der Waals surface area contributed by atoms with E-state index in [9.17, 15) is 4.79 Å². The quantitative estimate of drug-likeness (QED) is 0.639. The second kappa shape index (κ2) is 8.61. The predicted molar refractivity (Wildman–Crippen MR) is 129 cm³/mol. The fraction of sp³-hybridized carbons (Fsp3) is 0.304. The summed E-state index contributed by atoms with van der Waals surface area (Å²) >= 11 is 3.12. The van der Waals surface area contributed by atoms with E-state index >= 15 is 0 Å². The van der Waals surface area contributed by atoms with Crippen molar-refractivity contribution < 1.29 is 9.53 Å². The Balaban J connectivity index is 1.40. The molecule has 2 fully saturated rings. The number of para-hydroxylation sites is 1. The normalized spacial score (nSPS) is 22.6. The second-order valence-corrected chi connectivity index (χ2v) is 9.43. The SMILES string of the molecule is CCN1/C(=C2/SC(=Nc3ccc(N4CCOCC4)cc3)N(C)C2=O)Sc2ccccc21. The average molecular weight is 453 g/mol. The number of carbonyl (C=O) groups excluding carboxylic acids is 1. The minimum atomic E-state index is 0.00226. The molecule has 31 heavy (non-hydrogen) atoms. The van der Waals surface area contributed by atoms with E-state index in [0.29, 0.717) is 5.17 Å². The molecular weight excluding hydrogens is 428 g/mol. The van der Waals surface area contributed by atoms with Crippen LogP contribution >= 0.6 is 23.5 Å². The highest BCUT2D eigenvalue weighted by atomic mass is 32.2. The van der Waals surface area contributed by atoms with E-state index < -0.39 is 0 Å². The van der Waals surface area contributed by atoms with Crippen molar-refractivity contribution in [1.82, 2.24) is 4.90 Å². The highest BCUT2D eigenvalue weighted by Gasteiger charge is 2.37. The number of benzene rings is 2. The lowest BCUT2D eigenvalue weighted by atomic mass is 10.2. The van der Waals surface area contributed by atoms with Crippen LogP contribution in [0.1, 0.15) is 6.92 Å². The van der Waals surface area contributed by atoms with Crippen LogP contribution in [0.25, 0.3) is 0 Å². The maximum Gasteiger partial charge on any atom is 0.269 e. The summed E-state index contributed by atoms with van der Waals surface area (Å²) in [5, 5.41) is 1.71. The molecule has 0 aliphatic carbocycles. The summed E-state index contributed by atoms with van der Waals surface area (Å²) in [6.07, 6.45) is 0. The Bertz CT molecular complexity index is 1060. The van der Waals surface area contributed by atoms with Crippen LogP contribution in [0.3, 0.4) is 0 Å². The van der Waals surface area contributed by atoms with Gasteiger partial charge in [0, 0.05) is 37.3 Å². The molecule has 0 radical (unpaired) electrons. The van der Waals surface area contributed by atoms with E-state index in [1.165, 1.54) is 22.3 Å². The maximum absolute atomic E-state index is 13.1. The molecule has 0 unspecified atom stereocenters. The minimum Gasteiger partial charge on any atom is -0.378 e. The highest BCUT2D eigenvalue weighted by Crippen LogP contribution is 2.50. The number of ether oxygens (including phenoxy) is 1. The molecule has 8 heteroatoms. The van der Waals surface area contributed by atoms with E-state index in [0.717, 1.165) is 54.2 Å². The van der Waals surface area contributed by atoms with Crippen LogP contribution in [0.2, 0.25) is 0 Å². The zero-order valence-electron chi connectivity index (χ0n) is 17.6. The molecule has 2 aromatic rings. The van der Waals surface area contributed by atoms with E-state index in [2.05, 4.69) is 41.0 Å². The summed E-state index contributed by atoms with van der Waals surface area (Å²) in [6.45, 7) is 6.28. The number of rotatable bonds is 3. The molecule has 3 aliphatic heterocycles. The number of fused-ring (bicyclic) bond motifs is 1. The Kier molecular flexibility index (Phi) is 5.69. The topological polar surface area (TPSA) is 48.4 Å². The Morgan fingerprint density at radius 2 is 1.77 bits per heavy atom. The van der Waals surface area contributed by atoms with Gasteiger partial charge in [-0.3, -0.25) is 9.69 Å². The van der Waals surface area contributed by atoms with Gasteiger partial charge in [0.2, 0.25) is 0 Å². The molecule has 2 aromatic carbocycles. The first-order valence-electron chi connectivity index (χ1n) is 10.4. The van der Waals surface area contributed by atoms with Gasteiger partial charge in [-0.1, -0.05) is 23.9 Å². The molecule has 2 saturated heterocycles. The van der Waals surface area contributed by atoms with Gasteiger partial charge in [-0.2, -0.15) is 0 Å². The number of carbonyl (C=O) groups is 1. The van der Waals surface area contributed by atoms with Crippen molar-refractivity contribution in [2.75, 3.05) is 49.7 Å². The molecule has 0 saturated carbocycles. The van der Waals surface area contributed by atoms with Crippen LogP contribution in [0, 0.1) is 0 Å². The fourth-order valence-electron chi connectivity index (χ4n) is 3.86. The van der Waals surface area contributed by atoms with Gasteiger partial charge in [0.05, 0.1) is 24.6 Å². The molecule has 0 bridgehead atoms. The van der Waals surface area contributed by atoms with E-state index in [-0.39, 0.29) is 5.91 Å². The molecule has 0 spiro atoms. The van der Waals surface area contributed by atoms with Gasteiger partial charge in [-0.05, 0) is 55.1 Å². The zero-order valence-corrected chi connectivity index (χ0v) is 19.2. The van der Waals surface area contributed by atoms with Crippen molar-refractivity contribution >= 4 is 51.7 Å². The predicted octanol–water partition coefficient (Wildman–Crippen LogP) is 4.52. The molecule has 6 nitrogen and oxygen atoms in total. The monoisotopic (exact) mass is 452 g/mol. The molecular formula is C23H24N4O2S2. The first kappa shape index (κ1) is 20.5. The number of amidine groups is 1. The van der Waals surface area contributed by atoms with Crippen LogP contribution < -0.4 is 9.80 Å². The Labute approximate surface area is 190 Å². The van der Waals surface area contributed by atoms with Gasteiger partial charge in [0.25, 0.3) is 5.91 Å². The molecule has 0 atom stereocenters. The fourth-order valence-corrected chi connectivity index (χ4v) is 6.24. The first-order chi connectivity index (χ1) is 15.2. The standard InChI is InChI=1S/C23H24N4O2S2/c1-3-27-18-6-4-5-7-19(18)30-22(27)20-21(28)25(2)23(31-20)24-16-8-10-17(11-9-16)26-12-14-29-15-13-26/h4-11H,3,12-15H2,1-2H3/b22-20-,24-23?. The Morgan fingerprint density at radius 3 is 2.52 bits per heavy atom. The zero-order chi connectivity index (χ0) is 21.4. The van der Waals surface area contributed by atoms with Crippen molar-refractivity contribution in [2.24, 2.45) is 4.99 Å². The summed E-state index contributed by atoms with van der Waals surface area (Å²) < 4.78 is 5.43. The van der Waals surface area contributed by atoms with Gasteiger partial charge >= 0.3 is 0 Å². The lowest BCUT2D eigenvalue weighted by molar-refractivity contribution is -0.121. The number of hydrogen-bond acceptors (Lipinski definition) is 7. The largest absolute Gasteiger partial charge is 0.378 e. The number of anilines is 2. The number of hydrogen-bond donors (Lipinski definition) is 0. The molecule has 0 aromatic heterocycles. The Hall–Kier alpha value is -2.42. The molecule has 1 amide bonds. The third-order valence-electron chi connectivity index (χ3n) is 5.55. The summed E-state index contributed by atoms with van der Waals surface area (Å²) in [5.74, 6) is 0.00226. The summed E-state index contributed by atoms with van der Waals surface area (Å²) in [7, 11) is 1.80. The molecule has 3 heterocycles. The second-order valence-electron chi connectivity index (χ2n) is 7.42. The number of nitrogens with zero attached hydrogens (tertiary/aromatic N) is 4. The van der Waals surface area contributed by atoms with Crippen molar-refractivity contribution in [3.63, 3.8) is 0 Å². The molecule has 3 aliphatic rings. The number of thioether (sulfide) groups is 2.